The first-order chi connectivity index (χ1) is 12.9. The molecular formula is C20H25N5O2. The standard InChI is InChI=1S/C20H25N5O2/c1-5-12-21-17(26)11-10-16-20(27)24(4)19-18(22-16)14(3)23-25(19)15-8-6-13(2)7-9-15/h6-9H,5,10-12H2,1-4H3,(H,21,26). The van der Waals surface area contributed by atoms with Gasteiger partial charge in [-0.1, -0.05) is 24.6 Å². The second-order valence-electron chi connectivity index (χ2n) is 6.78. The monoisotopic (exact) mass is 367 g/mol. The maximum Gasteiger partial charge on any atom is 0.273 e. The Morgan fingerprint density at radius 1 is 1.19 bits per heavy atom. The third kappa shape index (κ3) is 3.77. The minimum Gasteiger partial charge on any atom is -0.356 e. The molecule has 2 aromatic heterocycles. The van der Waals surface area contributed by atoms with Crippen LogP contribution < -0.4 is 10.9 Å². The van der Waals surface area contributed by atoms with Gasteiger partial charge in [0, 0.05) is 26.4 Å². The average molecular weight is 367 g/mol. The summed E-state index contributed by atoms with van der Waals surface area (Å²) in [5, 5.41) is 7.41. The first kappa shape index (κ1) is 18.8. The number of benzene rings is 1. The summed E-state index contributed by atoms with van der Waals surface area (Å²) in [6, 6.07) is 7.95. The molecule has 0 aliphatic rings. The van der Waals surface area contributed by atoms with Crippen LogP contribution in [0.3, 0.4) is 0 Å². The van der Waals surface area contributed by atoms with Crippen molar-refractivity contribution >= 4 is 17.1 Å². The van der Waals surface area contributed by atoms with Gasteiger partial charge in [-0.15, -0.1) is 0 Å². The van der Waals surface area contributed by atoms with Crippen LogP contribution in [0.4, 0.5) is 0 Å². The second-order valence-corrected chi connectivity index (χ2v) is 6.78. The maximum atomic E-state index is 12.8. The number of carbonyl (C=O) groups is 1. The van der Waals surface area contributed by atoms with Crippen LogP contribution in [-0.4, -0.2) is 31.8 Å². The van der Waals surface area contributed by atoms with E-state index in [1.165, 1.54) is 0 Å². The van der Waals surface area contributed by atoms with E-state index in [1.54, 1.807) is 16.3 Å². The third-order valence-corrected chi connectivity index (χ3v) is 4.56. The molecule has 3 rings (SSSR count). The molecule has 0 saturated carbocycles. The second kappa shape index (κ2) is 7.73. The van der Waals surface area contributed by atoms with Gasteiger partial charge in [-0.05, 0) is 32.4 Å². The molecular weight excluding hydrogens is 342 g/mol. The Bertz CT molecular complexity index is 1030. The van der Waals surface area contributed by atoms with Crippen molar-refractivity contribution in [3.05, 3.63) is 51.6 Å². The lowest BCUT2D eigenvalue weighted by Gasteiger charge is -2.09. The molecule has 1 N–H and O–H groups in total. The summed E-state index contributed by atoms with van der Waals surface area (Å²) < 4.78 is 3.32. The lowest BCUT2D eigenvalue weighted by Crippen LogP contribution is -2.28. The molecule has 7 heteroatoms. The molecule has 0 saturated heterocycles. The normalized spacial score (nSPS) is 11.1. The Kier molecular flexibility index (Phi) is 5.39. The molecule has 1 amide bonds. The lowest BCUT2D eigenvalue weighted by atomic mass is 10.2. The zero-order chi connectivity index (χ0) is 19.6. The van der Waals surface area contributed by atoms with Crippen LogP contribution in [-0.2, 0) is 18.3 Å². The summed E-state index contributed by atoms with van der Waals surface area (Å²) in [4.78, 5) is 29.2. The molecule has 1 aromatic carbocycles. The predicted octanol–water partition coefficient (Wildman–Crippen LogP) is 2.19. The number of aromatic nitrogens is 4. The van der Waals surface area contributed by atoms with Crippen LogP contribution in [0.2, 0.25) is 0 Å². The fraction of sp³-hybridized carbons (Fsp3) is 0.400. The number of aryl methyl sites for hydroxylation is 4. The van der Waals surface area contributed by atoms with Crippen LogP contribution in [0.1, 0.15) is 36.7 Å². The van der Waals surface area contributed by atoms with Crippen molar-refractivity contribution in [2.24, 2.45) is 7.05 Å². The topological polar surface area (TPSA) is 81.8 Å². The quantitative estimate of drug-likeness (QED) is 0.724. The van der Waals surface area contributed by atoms with Gasteiger partial charge in [0.2, 0.25) is 5.91 Å². The fourth-order valence-corrected chi connectivity index (χ4v) is 3.02. The van der Waals surface area contributed by atoms with Crippen molar-refractivity contribution in [1.29, 1.82) is 0 Å². The van der Waals surface area contributed by atoms with Crippen LogP contribution in [0.25, 0.3) is 16.9 Å². The van der Waals surface area contributed by atoms with Crippen molar-refractivity contribution in [3.8, 4) is 5.69 Å². The van der Waals surface area contributed by atoms with Gasteiger partial charge in [0.05, 0.1) is 11.4 Å². The highest BCUT2D eigenvalue weighted by molar-refractivity contribution is 5.77. The molecule has 0 spiro atoms. The number of hydrogen-bond acceptors (Lipinski definition) is 4. The predicted molar refractivity (Wildman–Crippen MR) is 105 cm³/mol. The van der Waals surface area contributed by atoms with Crippen molar-refractivity contribution < 1.29 is 4.79 Å². The van der Waals surface area contributed by atoms with Gasteiger partial charge in [0.15, 0.2) is 5.65 Å². The number of amides is 1. The summed E-state index contributed by atoms with van der Waals surface area (Å²) in [5.41, 5.74) is 4.31. The van der Waals surface area contributed by atoms with E-state index in [-0.39, 0.29) is 17.9 Å². The van der Waals surface area contributed by atoms with Crippen molar-refractivity contribution in [1.82, 2.24) is 24.6 Å². The summed E-state index contributed by atoms with van der Waals surface area (Å²) in [6.07, 6.45) is 1.45. The first-order valence-electron chi connectivity index (χ1n) is 9.21. The molecule has 0 atom stereocenters. The molecule has 2 heterocycles. The van der Waals surface area contributed by atoms with E-state index in [0.717, 1.165) is 23.4 Å². The SMILES string of the molecule is CCCNC(=O)CCc1nc2c(C)nn(-c3ccc(C)cc3)c2n(C)c1=O. The van der Waals surface area contributed by atoms with Gasteiger partial charge < -0.3 is 5.32 Å². The fourth-order valence-electron chi connectivity index (χ4n) is 3.02. The first-order valence-corrected chi connectivity index (χ1v) is 9.21. The Morgan fingerprint density at radius 3 is 2.56 bits per heavy atom. The van der Waals surface area contributed by atoms with Crippen LogP contribution >= 0.6 is 0 Å². The Hall–Kier alpha value is -2.96. The van der Waals surface area contributed by atoms with Gasteiger partial charge in [-0.2, -0.15) is 5.10 Å². The van der Waals surface area contributed by atoms with E-state index in [4.69, 9.17) is 0 Å². The van der Waals surface area contributed by atoms with Gasteiger partial charge in [0.25, 0.3) is 5.56 Å². The molecule has 3 aromatic rings. The largest absolute Gasteiger partial charge is 0.356 e. The maximum absolute atomic E-state index is 12.8. The lowest BCUT2D eigenvalue weighted by molar-refractivity contribution is -0.121. The third-order valence-electron chi connectivity index (χ3n) is 4.56. The zero-order valence-electron chi connectivity index (χ0n) is 16.2. The number of nitrogens with one attached hydrogen (secondary N) is 1. The zero-order valence-corrected chi connectivity index (χ0v) is 16.2. The van der Waals surface area contributed by atoms with E-state index >= 15 is 0 Å². The number of hydrogen-bond donors (Lipinski definition) is 1. The van der Waals surface area contributed by atoms with E-state index in [0.29, 0.717) is 29.8 Å². The van der Waals surface area contributed by atoms with Gasteiger partial charge in [-0.25, -0.2) is 9.67 Å². The Morgan fingerprint density at radius 2 is 1.89 bits per heavy atom. The Labute approximate surface area is 158 Å². The summed E-state index contributed by atoms with van der Waals surface area (Å²) in [5.74, 6) is -0.0622. The molecule has 0 aliphatic carbocycles. The van der Waals surface area contributed by atoms with Gasteiger partial charge >= 0.3 is 0 Å². The van der Waals surface area contributed by atoms with Crippen molar-refractivity contribution in [3.63, 3.8) is 0 Å². The van der Waals surface area contributed by atoms with Crippen LogP contribution in [0.5, 0.6) is 0 Å². The van der Waals surface area contributed by atoms with E-state index in [2.05, 4.69) is 15.4 Å². The molecule has 7 nitrogen and oxygen atoms in total. The van der Waals surface area contributed by atoms with Gasteiger partial charge in [-0.3, -0.25) is 14.2 Å². The molecule has 27 heavy (non-hydrogen) atoms. The average Bonchev–Trinajstić information content (AvgIpc) is 2.99. The molecule has 142 valence electrons. The molecule has 0 fully saturated rings. The number of fused-ring (bicyclic) bond motifs is 1. The van der Waals surface area contributed by atoms with Gasteiger partial charge in [0.1, 0.15) is 11.2 Å². The highest BCUT2D eigenvalue weighted by Gasteiger charge is 2.18. The molecule has 0 radical (unpaired) electrons. The summed E-state index contributed by atoms with van der Waals surface area (Å²) in [6.45, 7) is 6.55. The van der Waals surface area contributed by atoms with Crippen LogP contribution in [0, 0.1) is 13.8 Å². The number of nitrogens with zero attached hydrogens (tertiary/aromatic N) is 4. The number of rotatable bonds is 6. The molecule has 0 unspecified atom stereocenters. The van der Waals surface area contributed by atoms with E-state index in [1.807, 2.05) is 45.0 Å². The van der Waals surface area contributed by atoms with Crippen molar-refractivity contribution in [2.75, 3.05) is 6.54 Å². The summed E-state index contributed by atoms with van der Waals surface area (Å²) in [7, 11) is 1.72. The molecule has 0 bridgehead atoms. The molecule has 0 aliphatic heterocycles. The van der Waals surface area contributed by atoms with Crippen molar-refractivity contribution in [2.45, 2.75) is 40.0 Å². The van der Waals surface area contributed by atoms with E-state index in [9.17, 15) is 9.59 Å². The minimum absolute atomic E-state index is 0.0622. The smallest absolute Gasteiger partial charge is 0.273 e. The summed E-state index contributed by atoms with van der Waals surface area (Å²) >= 11 is 0. The Balaban J connectivity index is 2.00. The van der Waals surface area contributed by atoms with Crippen LogP contribution in [0.15, 0.2) is 29.1 Å². The minimum atomic E-state index is -0.195. The highest BCUT2D eigenvalue weighted by Crippen LogP contribution is 2.19. The highest BCUT2D eigenvalue weighted by atomic mass is 16.1. The number of carbonyl (C=O) groups excluding carboxylic acids is 1. The van der Waals surface area contributed by atoms with E-state index < -0.39 is 0 Å².